The third-order valence-electron chi connectivity index (χ3n) is 6.75. The molecule has 0 spiro atoms. The normalized spacial score (nSPS) is 15.3. The Morgan fingerprint density at radius 2 is 0.379 bits per heavy atom. The largest absolute Gasteiger partial charge is 2.00 e. The summed E-state index contributed by atoms with van der Waals surface area (Å²) in [6.45, 7) is 42.8. The molecule has 0 fully saturated rings. The van der Waals surface area contributed by atoms with E-state index in [1.54, 1.807) is 0 Å². The van der Waals surface area contributed by atoms with E-state index in [-0.39, 0.29) is 23.1 Å². The van der Waals surface area contributed by atoms with Crippen molar-refractivity contribution < 1.29 is 0 Å². The monoisotopic (exact) mass is 486 g/mol. The minimum absolute atomic E-state index is 0. The van der Waals surface area contributed by atoms with Crippen molar-refractivity contribution in [3.63, 3.8) is 0 Å². The van der Waals surface area contributed by atoms with Gasteiger partial charge in [-0.2, -0.15) is 0 Å². The second-order valence-electron chi connectivity index (χ2n) is 15.0. The third kappa shape index (κ3) is 7.53. The second kappa shape index (κ2) is 10.1. The molecule has 0 rings (SSSR count). The fraction of sp³-hybridized carbons (Fsp3) is 1.00. The molecule has 0 aromatic heterocycles. The van der Waals surface area contributed by atoms with E-state index < -0.39 is 15.5 Å². The van der Waals surface area contributed by atoms with E-state index >= 15 is 0 Å². The van der Waals surface area contributed by atoms with Crippen LogP contribution in [-0.2, 0) is 0 Å². The number of rotatable bonds is 0. The van der Waals surface area contributed by atoms with Gasteiger partial charge in [-0.1, -0.05) is 170 Å². The summed E-state index contributed by atoms with van der Waals surface area (Å²) in [4.78, 5) is 0. The number of hydrogen-bond acceptors (Lipinski definition) is 0. The Bertz CT molecular complexity index is 382. The molecule has 172 valence electrons. The van der Waals surface area contributed by atoms with Gasteiger partial charge in [-0.05, 0) is 0 Å². The molecule has 5 heteroatoms. The van der Waals surface area contributed by atoms with Gasteiger partial charge in [-0.25, -0.2) is 0 Å². The van der Waals surface area contributed by atoms with Gasteiger partial charge in [0.05, 0.1) is 0 Å². The fourth-order valence-corrected chi connectivity index (χ4v) is 20.2. The zero-order chi connectivity index (χ0) is 24.0. The van der Waals surface area contributed by atoms with E-state index in [0.29, 0.717) is 30.2 Å². The molecule has 0 amide bonds. The molecule has 0 N–H and O–H groups in total. The van der Waals surface area contributed by atoms with Gasteiger partial charge in [0, 0.05) is 0 Å². The van der Waals surface area contributed by atoms with Crippen LogP contribution >= 0.6 is 17.6 Å². The first-order valence-corrected chi connectivity index (χ1v) is 18.0. The Hall–Kier alpha value is 2.06. The van der Waals surface area contributed by atoms with Crippen molar-refractivity contribution in [1.82, 2.24) is 0 Å². The Balaban J connectivity index is -0.000000451. The van der Waals surface area contributed by atoms with E-state index in [1.165, 1.54) is 0 Å². The summed E-state index contributed by atoms with van der Waals surface area (Å²) in [5.41, 5.74) is 0. The summed E-state index contributed by atoms with van der Waals surface area (Å²) < 4.78 is 0. The summed E-state index contributed by atoms with van der Waals surface area (Å²) in [6.07, 6.45) is 0. The molecule has 0 saturated carbocycles. The van der Waals surface area contributed by atoms with Gasteiger partial charge in [-0.3, -0.25) is 0 Å². The van der Waals surface area contributed by atoms with Crippen LogP contribution in [-0.4, -0.2) is 38.5 Å². The molecule has 0 aliphatic carbocycles. The van der Waals surface area contributed by atoms with Crippen molar-refractivity contribution in [3.05, 3.63) is 0 Å². The van der Waals surface area contributed by atoms with Crippen LogP contribution in [0.15, 0.2) is 0 Å². The van der Waals surface area contributed by atoms with E-state index in [1.807, 2.05) is 0 Å². The summed E-state index contributed by atoms with van der Waals surface area (Å²) in [5.74, 6) is 0. The molecule has 0 aromatic rings. The summed E-state index contributed by atoms with van der Waals surface area (Å²) >= 11 is 0. The molecule has 0 aliphatic heterocycles. The van der Waals surface area contributed by atoms with Crippen molar-refractivity contribution in [2.45, 2.75) is 155 Å². The SMILES string of the molecule is CC(C)(C)[Si]([PH-])(C(C)(C)C)C(C)(C)C.CC(C)(C)[Si]([PH-])(C(C)(C)C)C(C)(C)C.[Mg+2]. The summed E-state index contributed by atoms with van der Waals surface area (Å²) in [6, 6.07) is 0. The van der Waals surface area contributed by atoms with Gasteiger partial charge in [0.15, 0.2) is 0 Å². The van der Waals surface area contributed by atoms with Crippen molar-refractivity contribution in [2.24, 2.45) is 0 Å². The number of hydrogen-bond donors (Lipinski definition) is 0. The van der Waals surface area contributed by atoms with Crippen molar-refractivity contribution in [1.29, 1.82) is 0 Å². The van der Waals surface area contributed by atoms with Gasteiger partial charge >= 0.3 is 23.1 Å². The molecule has 0 bridgehead atoms. The smallest absolute Gasteiger partial charge is 0.557 e. The van der Waals surface area contributed by atoms with Crippen molar-refractivity contribution in [2.75, 3.05) is 0 Å². The van der Waals surface area contributed by atoms with Gasteiger partial charge in [0.1, 0.15) is 0 Å². The van der Waals surface area contributed by atoms with Crippen molar-refractivity contribution in [3.8, 4) is 0 Å². The first-order chi connectivity index (χ1) is 11.5. The van der Waals surface area contributed by atoms with Gasteiger partial charge in [-0.15, -0.1) is 0 Å². The average molecular weight is 487 g/mol. The zero-order valence-electron chi connectivity index (χ0n) is 23.7. The molecule has 29 heavy (non-hydrogen) atoms. The Kier molecular flexibility index (Phi) is 12.5. The molecule has 0 nitrogen and oxygen atoms in total. The predicted molar refractivity (Wildman–Crippen MR) is 152 cm³/mol. The molecule has 0 heterocycles. The van der Waals surface area contributed by atoms with E-state index in [0.717, 1.165) is 0 Å². The average Bonchev–Trinajstić information content (AvgIpc) is 2.29. The van der Waals surface area contributed by atoms with Crippen LogP contribution in [0.5, 0.6) is 0 Å². The molecule has 0 aliphatic rings. The van der Waals surface area contributed by atoms with Gasteiger partial charge in [0.2, 0.25) is 0 Å². The quantitative estimate of drug-likeness (QED) is 0.236. The first-order valence-electron chi connectivity index (χ1n) is 11.0. The topological polar surface area (TPSA) is 0 Å². The summed E-state index contributed by atoms with van der Waals surface area (Å²) in [5, 5.41) is 2.25. The fourth-order valence-electron chi connectivity index (χ4n) is 6.75. The molecule has 0 radical (unpaired) electrons. The first kappa shape index (κ1) is 35.6. The van der Waals surface area contributed by atoms with E-state index in [4.69, 9.17) is 0 Å². The van der Waals surface area contributed by atoms with Crippen LogP contribution < -0.4 is 0 Å². The Morgan fingerprint density at radius 3 is 0.379 bits per heavy atom. The van der Waals surface area contributed by atoms with Crippen LogP contribution in [0.25, 0.3) is 0 Å². The van der Waals surface area contributed by atoms with Gasteiger partial charge < -0.3 is 17.6 Å². The maximum atomic E-state index is 4.25. The van der Waals surface area contributed by atoms with Crippen LogP contribution in [0.4, 0.5) is 0 Å². The predicted octanol–water partition coefficient (Wildman–Crippen LogP) is 10.6. The summed E-state index contributed by atoms with van der Waals surface area (Å²) in [7, 11) is 5.39. The van der Waals surface area contributed by atoms with Crippen LogP contribution in [0.3, 0.4) is 0 Å². The minimum Gasteiger partial charge on any atom is -0.557 e. The third-order valence-corrected chi connectivity index (χ3v) is 33.8. The molecule has 0 saturated heterocycles. The minimum atomic E-state index is -1.55. The molecular formula is C24H56MgP2Si2. The van der Waals surface area contributed by atoms with Gasteiger partial charge in [0.25, 0.3) is 0 Å². The van der Waals surface area contributed by atoms with Crippen molar-refractivity contribution >= 4 is 56.1 Å². The Labute approximate surface area is 210 Å². The molecular weight excluding hydrogens is 431 g/mol. The van der Waals surface area contributed by atoms with Crippen LogP contribution in [0.1, 0.15) is 125 Å². The van der Waals surface area contributed by atoms with Crippen LogP contribution in [0, 0.1) is 0 Å². The molecule has 0 atom stereocenters. The zero-order valence-corrected chi connectivity index (χ0v) is 29.1. The van der Waals surface area contributed by atoms with E-state index in [2.05, 4.69) is 142 Å². The molecule has 0 aromatic carbocycles. The standard InChI is InChI=1S/2C12H28PSi.Mg/c2*1-10(2,3)14(13,11(4,5)6)12(7,8)9;/h2*13H,1-9H3;/q2*-1;+2. The maximum Gasteiger partial charge on any atom is 2.00 e. The second-order valence-corrected chi connectivity index (χ2v) is 31.5. The van der Waals surface area contributed by atoms with E-state index in [9.17, 15) is 0 Å². The molecule has 0 unspecified atom stereocenters. The Morgan fingerprint density at radius 1 is 0.310 bits per heavy atom. The van der Waals surface area contributed by atoms with Crippen LogP contribution in [0.2, 0.25) is 30.2 Å². The maximum absolute atomic E-state index is 4.25.